The Morgan fingerprint density at radius 3 is 2.67 bits per heavy atom. The lowest BCUT2D eigenvalue weighted by Crippen LogP contribution is -2.02. The quantitative estimate of drug-likeness (QED) is 0.691. The van der Waals surface area contributed by atoms with Gasteiger partial charge in [0.25, 0.3) is 0 Å². The van der Waals surface area contributed by atoms with Crippen molar-refractivity contribution in [2.75, 3.05) is 0 Å². The Balaban J connectivity index is 3.37. The number of carbonyl (C=O) groups is 1. The molecule has 0 aliphatic rings. The third kappa shape index (κ3) is 1.50. The normalized spacial score (nSPS) is 9.92. The molecular formula is C6H2ClF2NO2. The van der Waals surface area contributed by atoms with E-state index in [1.807, 2.05) is 0 Å². The number of nitrogens with zero attached hydrogens (tertiary/aromatic N) is 1. The van der Waals surface area contributed by atoms with Gasteiger partial charge in [-0.05, 0) is 0 Å². The number of halogens is 3. The maximum atomic E-state index is 12.5. The zero-order valence-corrected chi connectivity index (χ0v) is 6.27. The highest BCUT2D eigenvalue weighted by Gasteiger charge is 2.15. The second-order valence-electron chi connectivity index (χ2n) is 1.90. The highest BCUT2D eigenvalue weighted by atomic mass is 35.5. The number of aromatic nitrogens is 1. The van der Waals surface area contributed by atoms with E-state index in [-0.39, 0.29) is 0 Å². The van der Waals surface area contributed by atoms with Crippen molar-refractivity contribution in [1.82, 2.24) is 4.98 Å². The van der Waals surface area contributed by atoms with Crippen LogP contribution in [0.5, 0.6) is 0 Å². The first-order valence-corrected chi connectivity index (χ1v) is 3.15. The van der Waals surface area contributed by atoms with Crippen molar-refractivity contribution in [3.63, 3.8) is 0 Å². The van der Waals surface area contributed by atoms with Crippen LogP contribution >= 0.6 is 11.6 Å². The zero-order valence-electron chi connectivity index (χ0n) is 5.51. The second kappa shape index (κ2) is 3.02. The maximum Gasteiger partial charge on any atom is 0.337 e. The van der Waals surface area contributed by atoms with Gasteiger partial charge in [0.15, 0.2) is 0 Å². The second-order valence-corrected chi connectivity index (χ2v) is 2.28. The van der Waals surface area contributed by atoms with Crippen LogP contribution in [0.15, 0.2) is 6.07 Å². The van der Waals surface area contributed by atoms with Crippen LogP contribution in [0.1, 0.15) is 10.4 Å². The lowest BCUT2D eigenvalue weighted by molar-refractivity contribution is 0.0695. The van der Waals surface area contributed by atoms with Crippen LogP contribution in [0, 0.1) is 11.9 Å². The van der Waals surface area contributed by atoms with Crippen molar-refractivity contribution < 1.29 is 18.7 Å². The first kappa shape index (κ1) is 8.86. The lowest BCUT2D eigenvalue weighted by atomic mass is 10.3. The summed E-state index contributed by atoms with van der Waals surface area (Å²) in [6.07, 6.45) is 0. The molecule has 3 nitrogen and oxygen atoms in total. The smallest absolute Gasteiger partial charge is 0.337 e. The van der Waals surface area contributed by atoms with Gasteiger partial charge in [-0.3, -0.25) is 0 Å². The van der Waals surface area contributed by atoms with Crippen LogP contribution in [0.4, 0.5) is 8.78 Å². The van der Waals surface area contributed by atoms with E-state index in [0.717, 1.165) is 0 Å². The summed E-state index contributed by atoms with van der Waals surface area (Å²) in [5.41, 5.74) is -0.637. The molecular weight excluding hydrogens is 192 g/mol. The van der Waals surface area contributed by atoms with Crippen molar-refractivity contribution in [3.8, 4) is 0 Å². The fourth-order valence-corrected chi connectivity index (χ4v) is 0.802. The first-order valence-electron chi connectivity index (χ1n) is 2.77. The number of aromatic carboxylic acids is 1. The standard InChI is InChI=1S/C6H2ClF2NO2/c7-4-2(6(11)12)1-3(8)10-5(4)9/h1H,(H,11,12). The minimum Gasteiger partial charge on any atom is -0.478 e. The number of rotatable bonds is 1. The Bertz CT molecular complexity index is 343. The molecule has 0 saturated carbocycles. The molecule has 1 aromatic heterocycles. The van der Waals surface area contributed by atoms with E-state index >= 15 is 0 Å². The number of hydrogen-bond acceptors (Lipinski definition) is 2. The SMILES string of the molecule is O=C(O)c1cc(F)nc(F)c1Cl. The van der Waals surface area contributed by atoms with Crippen LogP contribution in [-0.2, 0) is 0 Å². The maximum absolute atomic E-state index is 12.5. The summed E-state index contributed by atoms with van der Waals surface area (Å²) in [6, 6.07) is 0.549. The molecule has 12 heavy (non-hydrogen) atoms. The molecule has 1 aromatic rings. The molecule has 0 radical (unpaired) electrons. The van der Waals surface area contributed by atoms with E-state index in [2.05, 4.69) is 4.98 Å². The molecule has 1 N–H and O–H groups in total. The summed E-state index contributed by atoms with van der Waals surface area (Å²) >= 11 is 5.18. The van der Waals surface area contributed by atoms with Gasteiger partial charge in [-0.15, -0.1) is 0 Å². The first-order chi connectivity index (χ1) is 5.52. The van der Waals surface area contributed by atoms with E-state index in [0.29, 0.717) is 6.07 Å². The van der Waals surface area contributed by atoms with E-state index in [1.165, 1.54) is 0 Å². The molecule has 0 spiro atoms. The van der Waals surface area contributed by atoms with Crippen LogP contribution < -0.4 is 0 Å². The summed E-state index contributed by atoms with van der Waals surface area (Å²) in [4.78, 5) is 13.0. The van der Waals surface area contributed by atoms with Crippen LogP contribution in [0.2, 0.25) is 5.02 Å². The van der Waals surface area contributed by atoms with E-state index in [9.17, 15) is 13.6 Å². The highest BCUT2D eigenvalue weighted by Crippen LogP contribution is 2.18. The minimum atomic E-state index is -1.50. The van der Waals surface area contributed by atoms with E-state index in [4.69, 9.17) is 16.7 Å². The molecule has 0 bridgehead atoms. The Labute approximate surface area is 70.6 Å². The Kier molecular flexibility index (Phi) is 2.23. The molecule has 0 aromatic carbocycles. The molecule has 0 amide bonds. The summed E-state index contributed by atoms with van der Waals surface area (Å²) in [6.45, 7) is 0. The van der Waals surface area contributed by atoms with Gasteiger partial charge >= 0.3 is 5.97 Å². The van der Waals surface area contributed by atoms with Gasteiger partial charge in [-0.2, -0.15) is 13.8 Å². The largest absolute Gasteiger partial charge is 0.478 e. The molecule has 0 atom stereocenters. The molecule has 0 unspecified atom stereocenters. The Morgan fingerprint density at radius 1 is 1.58 bits per heavy atom. The van der Waals surface area contributed by atoms with Gasteiger partial charge in [0.1, 0.15) is 5.02 Å². The van der Waals surface area contributed by atoms with Crippen molar-refractivity contribution in [3.05, 3.63) is 28.5 Å². The molecule has 1 rings (SSSR count). The zero-order chi connectivity index (χ0) is 9.30. The van der Waals surface area contributed by atoms with Gasteiger partial charge in [-0.25, -0.2) is 4.79 Å². The predicted octanol–water partition coefficient (Wildman–Crippen LogP) is 1.71. The Hall–Kier alpha value is -1.23. The predicted molar refractivity (Wildman–Crippen MR) is 36.1 cm³/mol. The molecule has 64 valence electrons. The summed E-state index contributed by atoms with van der Waals surface area (Å²) < 4.78 is 24.7. The van der Waals surface area contributed by atoms with Gasteiger partial charge in [0, 0.05) is 6.07 Å². The average Bonchev–Trinajstić information content (AvgIpc) is 1.96. The van der Waals surface area contributed by atoms with Crippen molar-refractivity contribution in [2.24, 2.45) is 0 Å². The number of carboxylic acid groups (broad SMARTS) is 1. The lowest BCUT2D eigenvalue weighted by Gasteiger charge is -1.98. The van der Waals surface area contributed by atoms with Gasteiger partial charge in [0.2, 0.25) is 11.9 Å². The molecule has 0 aliphatic heterocycles. The monoisotopic (exact) mass is 193 g/mol. The van der Waals surface area contributed by atoms with Gasteiger partial charge < -0.3 is 5.11 Å². The molecule has 6 heteroatoms. The molecule has 1 heterocycles. The van der Waals surface area contributed by atoms with Gasteiger partial charge in [-0.1, -0.05) is 11.6 Å². The van der Waals surface area contributed by atoms with E-state index < -0.39 is 28.5 Å². The summed E-state index contributed by atoms with van der Waals surface area (Å²) in [5, 5.41) is 7.68. The van der Waals surface area contributed by atoms with Gasteiger partial charge in [0.05, 0.1) is 5.56 Å². The van der Waals surface area contributed by atoms with Crippen LogP contribution in [0.3, 0.4) is 0 Å². The topological polar surface area (TPSA) is 50.2 Å². The minimum absolute atomic E-state index is 0.549. The summed E-state index contributed by atoms with van der Waals surface area (Å²) in [5.74, 6) is -4.04. The highest BCUT2D eigenvalue weighted by molar-refractivity contribution is 6.33. The molecule has 0 aliphatic carbocycles. The average molecular weight is 194 g/mol. The fourth-order valence-electron chi connectivity index (χ4n) is 0.624. The van der Waals surface area contributed by atoms with E-state index in [1.54, 1.807) is 0 Å². The van der Waals surface area contributed by atoms with Crippen molar-refractivity contribution >= 4 is 17.6 Å². The molecule has 0 saturated heterocycles. The number of pyridine rings is 1. The number of hydrogen-bond donors (Lipinski definition) is 1. The number of carboxylic acids is 1. The Morgan fingerprint density at radius 2 is 2.17 bits per heavy atom. The molecule has 0 fully saturated rings. The van der Waals surface area contributed by atoms with Crippen LogP contribution in [-0.4, -0.2) is 16.1 Å². The van der Waals surface area contributed by atoms with Crippen molar-refractivity contribution in [2.45, 2.75) is 0 Å². The third-order valence-electron chi connectivity index (χ3n) is 1.12. The van der Waals surface area contributed by atoms with Crippen LogP contribution in [0.25, 0.3) is 0 Å². The van der Waals surface area contributed by atoms with Crippen molar-refractivity contribution in [1.29, 1.82) is 0 Å². The summed E-state index contributed by atoms with van der Waals surface area (Å²) in [7, 11) is 0. The fraction of sp³-hybridized carbons (Fsp3) is 0. The third-order valence-corrected chi connectivity index (χ3v) is 1.48.